The molecular weight excluding hydrogens is 398 g/mol. The van der Waals surface area contributed by atoms with Gasteiger partial charge in [-0.15, -0.1) is 0 Å². The third-order valence-electron chi connectivity index (χ3n) is 5.35. The zero-order valence-corrected chi connectivity index (χ0v) is 18.2. The molecule has 0 amide bonds. The number of carbonyl (C=O) groups is 1. The number of esters is 1. The topological polar surface area (TPSA) is 38.8 Å². The van der Waals surface area contributed by atoms with E-state index < -0.39 is 0 Å². The van der Waals surface area contributed by atoms with Gasteiger partial charge in [0.1, 0.15) is 5.75 Å². The van der Waals surface area contributed by atoms with Crippen molar-refractivity contribution >= 4 is 17.2 Å². The monoisotopic (exact) mass is 425 g/mol. The van der Waals surface area contributed by atoms with Crippen LogP contribution >= 0.6 is 0 Å². The summed E-state index contributed by atoms with van der Waals surface area (Å²) in [5, 5.41) is 0. The second-order valence-corrected chi connectivity index (χ2v) is 7.55. The van der Waals surface area contributed by atoms with Gasteiger partial charge < -0.3 is 14.4 Å². The smallest absolute Gasteiger partial charge is 0.308 e. The SMILES string of the molecule is CC(=O)Oc1ccccc1/C(=C\C=C(c1ccccc1)c1ccccc1)N1CCOCC1. The van der Waals surface area contributed by atoms with Crippen LogP contribution in [0.15, 0.2) is 97.1 Å². The van der Waals surface area contributed by atoms with Crippen molar-refractivity contribution in [3.63, 3.8) is 0 Å². The first-order valence-electron chi connectivity index (χ1n) is 10.9. The Morgan fingerprint density at radius 1 is 0.812 bits per heavy atom. The van der Waals surface area contributed by atoms with Crippen LogP contribution in [0.3, 0.4) is 0 Å². The molecule has 162 valence electrons. The van der Waals surface area contributed by atoms with Crippen molar-refractivity contribution in [1.29, 1.82) is 0 Å². The van der Waals surface area contributed by atoms with E-state index in [4.69, 9.17) is 9.47 Å². The van der Waals surface area contributed by atoms with Crippen molar-refractivity contribution in [1.82, 2.24) is 4.90 Å². The number of rotatable bonds is 6. The quantitative estimate of drug-likeness (QED) is 0.300. The Labute approximate surface area is 189 Å². The summed E-state index contributed by atoms with van der Waals surface area (Å²) in [6, 6.07) is 28.4. The summed E-state index contributed by atoms with van der Waals surface area (Å²) < 4.78 is 11.1. The molecule has 3 aromatic rings. The van der Waals surface area contributed by atoms with E-state index in [9.17, 15) is 4.79 Å². The first kappa shape index (κ1) is 21.6. The lowest BCUT2D eigenvalue weighted by atomic mass is 9.97. The van der Waals surface area contributed by atoms with Gasteiger partial charge in [0, 0.05) is 31.3 Å². The van der Waals surface area contributed by atoms with E-state index in [0.29, 0.717) is 19.0 Å². The number of hydrogen-bond acceptors (Lipinski definition) is 4. The number of carbonyl (C=O) groups excluding carboxylic acids is 1. The molecule has 1 aliphatic rings. The molecule has 1 saturated heterocycles. The molecule has 4 nitrogen and oxygen atoms in total. The first-order chi connectivity index (χ1) is 15.7. The van der Waals surface area contributed by atoms with Crippen LogP contribution in [0.25, 0.3) is 11.3 Å². The lowest BCUT2D eigenvalue weighted by Crippen LogP contribution is -2.35. The van der Waals surface area contributed by atoms with Gasteiger partial charge in [0.2, 0.25) is 0 Å². The second kappa shape index (κ2) is 10.6. The first-order valence-corrected chi connectivity index (χ1v) is 10.9. The fourth-order valence-corrected chi connectivity index (χ4v) is 3.85. The normalized spacial score (nSPS) is 14.0. The zero-order chi connectivity index (χ0) is 22.2. The maximum atomic E-state index is 11.7. The highest BCUT2D eigenvalue weighted by Crippen LogP contribution is 2.31. The van der Waals surface area contributed by atoms with Crippen LogP contribution in [0.1, 0.15) is 23.6 Å². The molecule has 32 heavy (non-hydrogen) atoms. The van der Waals surface area contributed by atoms with Gasteiger partial charge in [0.25, 0.3) is 0 Å². The molecule has 1 aliphatic heterocycles. The number of nitrogens with zero attached hydrogens (tertiary/aromatic N) is 1. The summed E-state index contributed by atoms with van der Waals surface area (Å²) in [7, 11) is 0. The van der Waals surface area contributed by atoms with Crippen LogP contribution in [0, 0.1) is 0 Å². The van der Waals surface area contributed by atoms with E-state index in [1.54, 1.807) is 0 Å². The van der Waals surface area contributed by atoms with Gasteiger partial charge >= 0.3 is 5.97 Å². The van der Waals surface area contributed by atoms with Gasteiger partial charge in [-0.2, -0.15) is 0 Å². The van der Waals surface area contributed by atoms with Crippen molar-refractivity contribution in [2.24, 2.45) is 0 Å². The average Bonchev–Trinajstić information content (AvgIpc) is 2.84. The van der Waals surface area contributed by atoms with Crippen molar-refractivity contribution in [2.75, 3.05) is 26.3 Å². The van der Waals surface area contributed by atoms with Crippen LogP contribution < -0.4 is 4.74 Å². The number of para-hydroxylation sites is 1. The average molecular weight is 426 g/mol. The molecule has 0 aliphatic carbocycles. The third kappa shape index (κ3) is 5.34. The Hall–Kier alpha value is -3.63. The molecule has 0 atom stereocenters. The fourth-order valence-electron chi connectivity index (χ4n) is 3.85. The number of benzene rings is 3. The lowest BCUT2D eigenvalue weighted by molar-refractivity contribution is -0.131. The Morgan fingerprint density at radius 3 is 1.97 bits per heavy atom. The molecule has 0 saturated carbocycles. The molecule has 4 heteroatoms. The van der Waals surface area contributed by atoms with Crippen molar-refractivity contribution in [3.05, 3.63) is 114 Å². The van der Waals surface area contributed by atoms with E-state index in [-0.39, 0.29) is 5.97 Å². The summed E-state index contributed by atoms with van der Waals surface area (Å²) in [6.45, 7) is 4.32. The molecule has 0 radical (unpaired) electrons. The Morgan fingerprint density at radius 2 is 1.38 bits per heavy atom. The molecule has 1 fully saturated rings. The van der Waals surface area contributed by atoms with Crippen molar-refractivity contribution < 1.29 is 14.3 Å². The van der Waals surface area contributed by atoms with Crippen LogP contribution in [0.5, 0.6) is 5.75 Å². The van der Waals surface area contributed by atoms with Gasteiger partial charge in [0.05, 0.1) is 13.2 Å². The number of morpholine rings is 1. The predicted octanol–water partition coefficient (Wildman–Crippen LogP) is 5.42. The Kier molecular flexibility index (Phi) is 7.15. The predicted molar refractivity (Wildman–Crippen MR) is 128 cm³/mol. The summed E-state index contributed by atoms with van der Waals surface area (Å²) in [5.41, 5.74) is 5.31. The number of hydrogen-bond donors (Lipinski definition) is 0. The molecule has 1 heterocycles. The molecule has 0 spiro atoms. The maximum Gasteiger partial charge on any atom is 0.308 e. The minimum absolute atomic E-state index is 0.330. The molecule has 3 aromatic carbocycles. The van der Waals surface area contributed by atoms with Crippen LogP contribution in [-0.2, 0) is 9.53 Å². The van der Waals surface area contributed by atoms with Gasteiger partial charge in [-0.3, -0.25) is 4.79 Å². The Bertz CT molecular complexity index is 1060. The van der Waals surface area contributed by atoms with Crippen LogP contribution in [0.4, 0.5) is 0 Å². The fraction of sp³-hybridized carbons (Fsp3) is 0.179. The van der Waals surface area contributed by atoms with Crippen molar-refractivity contribution in [2.45, 2.75) is 6.92 Å². The van der Waals surface area contributed by atoms with E-state index in [2.05, 4.69) is 65.6 Å². The summed E-state index contributed by atoms with van der Waals surface area (Å²) in [6.07, 6.45) is 4.28. The van der Waals surface area contributed by atoms with E-state index in [0.717, 1.165) is 41.1 Å². The largest absolute Gasteiger partial charge is 0.426 e. The molecule has 0 aromatic heterocycles. The highest BCUT2D eigenvalue weighted by molar-refractivity contribution is 5.83. The summed E-state index contributed by atoms with van der Waals surface area (Å²) in [4.78, 5) is 14.0. The Balaban J connectivity index is 1.84. The minimum Gasteiger partial charge on any atom is -0.426 e. The van der Waals surface area contributed by atoms with E-state index in [1.807, 2.05) is 36.4 Å². The van der Waals surface area contributed by atoms with Gasteiger partial charge in [-0.1, -0.05) is 78.9 Å². The molecule has 0 N–H and O–H groups in total. The van der Waals surface area contributed by atoms with Gasteiger partial charge in [-0.25, -0.2) is 0 Å². The molecular formula is C28H27NO3. The van der Waals surface area contributed by atoms with Gasteiger partial charge in [-0.05, 0) is 34.9 Å². The molecule has 0 bridgehead atoms. The summed E-state index contributed by atoms with van der Waals surface area (Å²) >= 11 is 0. The lowest BCUT2D eigenvalue weighted by Gasteiger charge is -2.31. The zero-order valence-electron chi connectivity index (χ0n) is 18.2. The van der Waals surface area contributed by atoms with Crippen LogP contribution in [0.2, 0.25) is 0 Å². The standard InChI is InChI=1S/C28H27NO3/c1-22(30)32-28-15-9-8-14-26(28)27(29-18-20-31-21-19-29)17-16-25(23-10-4-2-5-11-23)24-12-6-3-7-13-24/h2-17H,18-21H2,1H3/b27-17+. The number of ether oxygens (including phenoxy) is 2. The highest BCUT2D eigenvalue weighted by atomic mass is 16.5. The van der Waals surface area contributed by atoms with E-state index in [1.165, 1.54) is 6.92 Å². The maximum absolute atomic E-state index is 11.7. The summed E-state index contributed by atoms with van der Waals surface area (Å²) in [5.74, 6) is 0.232. The minimum atomic E-state index is -0.330. The van der Waals surface area contributed by atoms with Gasteiger partial charge in [0.15, 0.2) is 0 Å². The number of allylic oxidation sites excluding steroid dienone is 2. The van der Waals surface area contributed by atoms with Crippen LogP contribution in [-0.4, -0.2) is 37.2 Å². The molecule has 0 unspecified atom stereocenters. The van der Waals surface area contributed by atoms with Crippen molar-refractivity contribution in [3.8, 4) is 5.75 Å². The molecule has 4 rings (SSSR count). The van der Waals surface area contributed by atoms with E-state index >= 15 is 0 Å². The highest BCUT2D eigenvalue weighted by Gasteiger charge is 2.19. The third-order valence-corrected chi connectivity index (χ3v) is 5.35. The second-order valence-electron chi connectivity index (χ2n) is 7.55.